The van der Waals surface area contributed by atoms with Crippen molar-refractivity contribution in [1.82, 2.24) is 4.98 Å². The van der Waals surface area contributed by atoms with E-state index in [9.17, 15) is 13.2 Å². The van der Waals surface area contributed by atoms with Crippen molar-refractivity contribution in [2.24, 2.45) is 0 Å². The molecule has 0 fully saturated rings. The highest BCUT2D eigenvalue weighted by Gasteiger charge is 2.21. The summed E-state index contributed by atoms with van der Waals surface area (Å²) in [5.74, 6) is -0.426. The second-order valence-corrected chi connectivity index (χ2v) is 8.60. The van der Waals surface area contributed by atoms with Crippen molar-refractivity contribution in [1.29, 1.82) is 0 Å². The van der Waals surface area contributed by atoms with Crippen molar-refractivity contribution in [2.45, 2.75) is 30.6 Å². The van der Waals surface area contributed by atoms with Crippen LogP contribution in [0.1, 0.15) is 24.0 Å². The van der Waals surface area contributed by atoms with Crippen LogP contribution in [0.5, 0.6) is 0 Å². The maximum Gasteiger partial charge on any atom is 0.229 e. The third kappa shape index (κ3) is 3.45. The fourth-order valence-electron chi connectivity index (χ4n) is 2.74. The molecular formula is C16H18N2O3S2. The number of anilines is 1. The van der Waals surface area contributed by atoms with Gasteiger partial charge in [-0.1, -0.05) is 6.07 Å². The van der Waals surface area contributed by atoms with Gasteiger partial charge in [0.15, 0.2) is 15.0 Å². The van der Waals surface area contributed by atoms with E-state index in [1.165, 1.54) is 21.8 Å². The fourth-order valence-corrected chi connectivity index (χ4v) is 4.64. The molecule has 0 spiro atoms. The topological polar surface area (TPSA) is 67.3 Å². The molecule has 1 aromatic carbocycles. The summed E-state index contributed by atoms with van der Waals surface area (Å²) in [4.78, 5) is 17.9. The molecule has 1 heterocycles. The van der Waals surface area contributed by atoms with Gasteiger partial charge in [0.2, 0.25) is 5.91 Å². The number of benzene rings is 1. The van der Waals surface area contributed by atoms with Gasteiger partial charge >= 0.3 is 0 Å². The Morgan fingerprint density at radius 3 is 2.83 bits per heavy atom. The van der Waals surface area contributed by atoms with Crippen LogP contribution < -0.4 is 4.90 Å². The predicted molar refractivity (Wildman–Crippen MR) is 90.7 cm³/mol. The Labute approximate surface area is 139 Å². The summed E-state index contributed by atoms with van der Waals surface area (Å²) in [5.41, 5.74) is 2.36. The van der Waals surface area contributed by atoms with Gasteiger partial charge in [0.05, 0.1) is 10.6 Å². The zero-order chi connectivity index (χ0) is 16.4. The van der Waals surface area contributed by atoms with E-state index in [2.05, 4.69) is 4.98 Å². The lowest BCUT2D eigenvalue weighted by Crippen LogP contribution is -2.28. The van der Waals surface area contributed by atoms with Crippen LogP contribution in [0.15, 0.2) is 34.7 Å². The summed E-state index contributed by atoms with van der Waals surface area (Å²) in [6, 6.07) is 5.33. The van der Waals surface area contributed by atoms with Crippen LogP contribution in [0.3, 0.4) is 0 Å². The van der Waals surface area contributed by atoms with Gasteiger partial charge in [-0.2, -0.15) is 0 Å². The Morgan fingerprint density at radius 1 is 1.30 bits per heavy atom. The van der Waals surface area contributed by atoms with Gasteiger partial charge in [-0.15, -0.1) is 11.3 Å². The number of rotatable bonds is 5. The standard InChI is InChI=1S/C16H18N2O3S2/c1-18(16-17-8-9-22-16)15(19)7-10-23(20,21)14-6-5-12-3-2-4-13(12)11-14/h5-6,8-9,11H,2-4,7,10H2,1H3. The number of sulfone groups is 1. The molecule has 0 N–H and O–H groups in total. The van der Waals surface area contributed by atoms with Gasteiger partial charge in [0.1, 0.15) is 0 Å². The quantitative estimate of drug-likeness (QED) is 0.831. The molecular weight excluding hydrogens is 332 g/mol. The van der Waals surface area contributed by atoms with E-state index < -0.39 is 9.84 Å². The Kier molecular flexibility index (Phi) is 4.50. The van der Waals surface area contributed by atoms with Crippen molar-refractivity contribution in [2.75, 3.05) is 17.7 Å². The van der Waals surface area contributed by atoms with Crippen LogP contribution in [0.2, 0.25) is 0 Å². The molecule has 2 aromatic rings. The first-order chi connectivity index (χ1) is 11.0. The Balaban J connectivity index is 1.68. The Bertz CT molecular complexity index is 814. The summed E-state index contributed by atoms with van der Waals surface area (Å²) >= 11 is 1.35. The number of thiazole rings is 1. The Hall–Kier alpha value is -1.73. The van der Waals surface area contributed by atoms with E-state index in [1.807, 2.05) is 6.07 Å². The van der Waals surface area contributed by atoms with Gasteiger partial charge in [0, 0.05) is 25.0 Å². The minimum atomic E-state index is -3.44. The normalized spacial score (nSPS) is 13.8. The molecule has 0 unspecified atom stereocenters. The van der Waals surface area contributed by atoms with Crippen molar-refractivity contribution in [3.05, 3.63) is 40.9 Å². The van der Waals surface area contributed by atoms with Gasteiger partial charge in [-0.25, -0.2) is 13.4 Å². The van der Waals surface area contributed by atoms with Gasteiger partial charge in [-0.05, 0) is 42.5 Å². The lowest BCUT2D eigenvalue weighted by atomic mass is 10.1. The van der Waals surface area contributed by atoms with E-state index >= 15 is 0 Å². The molecule has 122 valence electrons. The molecule has 0 saturated heterocycles. The lowest BCUT2D eigenvalue weighted by Gasteiger charge is -2.13. The van der Waals surface area contributed by atoms with Crippen LogP contribution >= 0.6 is 11.3 Å². The first kappa shape index (κ1) is 16.1. The second kappa shape index (κ2) is 6.41. The van der Waals surface area contributed by atoms with Gasteiger partial charge in [0.25, 0.3) is 0 Å². The third-order valence-corrected chi connectivity index (χ3v) is 6.66. The minimum Gasteiger partial charge on any atom is -0.291 e. The minimum absolute atomic E-state index is 0.0461. The van der Waals surface area contributed by atoms with Crippen molar-refractivity contribution in [3.63, 3.8) is 0 Å². The highest BCUT2D eigenvalue weighted by molar-refractivity contribution is 7.91. The largest absolute Gasteiger partial charge is 0.291 e. The molecule has 1 aliphatic rings. The van der Waals surface area contributed by atoms with Crippen LogP contribution in [0.4, 0.5) is 5.13 Å². The van der Waals surface area contributed by atoms with E-state index in [-0.39, 0.29) is 18.1 Å². The highest BCUT2D eigenvalue weighted by atomic mass is 32.2. The van der Waals surface area contributed by atoms with E-state index in [1.54, 1.807) is 30.8 Å². The fraction of sp³-hybridized carbons (Fsp3) is 0.375. The monoisotopic (exact) mass is 350 g/mol. The van der Waals surface area contributed by atoms with Crippen molar-refractivity contribution in [3.8, 4) is 0 Å². The lowest BCUT2D eigenvalue weighted by molar-refractivity contribution is -0.117. The van der Waals surface area contributed by atoms with Crippen LogP contribution in [0.25, 0.3) is 0 Å². The summed E-state index contributed by atoms with van der Waals surface area (Å²) in [5, 5.41) is 2.35. The molecule has 0 aliphatic heterocycles. The molecule has 0 atom stereocenters. The zero-order valence-corrected chi connectivity index (χ0v) is 14.5. The maximum atomic E-state index is 12.5. The number of aryl methyl sites for hydroxylation is 2. The molecule has 1 aromatic heterocycles. The van der Waals surface area contributed by atoms with Crippen LogP contribution in [0, 0.1) is 0 Å². The van der Waals surface area contributed by atoms with E-state index in [0.29, 0.717) is 10.0 Å². The molecule has 1 aliphatic carbocycles. The molecule has 1 amide bonds. The third-order valence-electron chi connectivity index (χ3n) is 4.09. The number of aromatic nitrogens is 1. The molecule has 0 saturated carbocycles. The van der Waals surface area contributed by atoms with Gasteiger partial charge < -0.3 is 0 Å². The van der Waals surface area contributed by atoms with Crippen molar-refractivity contribution < 1.29 is 13.2 Å². The van der Waals surface area contributed by atoms with E-state index in [4.69, 9.17) is 0 Å². The molecule has 0 radical (unpaired) electrons. The summed E-state index contributed by atoms with van der Waals surface area (Å²) in [7, 11) is -1.83. The maximum absolute atomic E-state index is 12.5. The molecule has 3 rings (SSSR count). The SMILES string of the molecule is CN(C(=O)CCS(=O)(=O)c1ccc2c(c1)CCC2)c1nccs1. The van der Waals surface area contributed by atoms with Gasteiger partial charge in [-0.3, -0.25) is 9.69 Å². The summed E-state index contributed by atoms with van der Waals surface area (Å²) in [6.45, 7) is 0. The number of nitrogens with zero attached hydrogens (tertiary/aromatic N) is 2. The van der Waals surface area contributed by atoms with E-state index in [0.717, 1.165) is 24.8 Å². The highest BCUT2D eigenvalue weighted by Crippen LogP contribution is 2.25. The summed E-state index contributed by atoms with van der Waals surface area (Å²) in [6.07, 6.45) is 4.60. The number of carbonyl (C=O) groups is 1. The smallest absolute Gasteiger partial charge is 0.229 e. The van der Waals surface area contributed by atoms with Crippen LogP contribution in [-0.4, -0.2) is 32.1 Å². The summed E-state index contributed by atoms with van der Waals surface area (Å²) < 4.78 is 24.9. The van der Waals surface area contributed by atoms with Crippen molar-refractivity contribution >= 4 is 32.2 Å². The average molecular weight is 350 g/mol. The second-order valence-electron chi connectivity index (χ2n) is 5.62. The Morgan fingerprint density at radius 2 is 2.09 bits per heavy atom. The molecule has 7 heteroatoms. The predicted octanol–water partition coefficient (Wildman–Crippen LogP) is 2.46. The number of carbonyl (C=O) groups excluding carboxylic acids is 1. The van der Waals surface area contributed by atoms with Crippen LogP contribution in [-0.2, 0) is 27.5 Å². The zero-order valence-electron chi connectivity index (χ0n) is 12.9. The number of hydrogen-bond acceptors (Lipinski definition) is 5. The first-order valence-electron chi connectivity index (χ1n) is 7.48. The number of hydrogen-bond donors (Lipinski definition) is 0. The number of amides is 1. The average Bonchev–Trinajstić information content (AvgIpc) is 3.22. The molecule has 5 nitrogen and oxygen atoms in total. The first-order valence-corrected chi connectivity index (χ1v) is 10.0. The number of fused-ring (bicyclic) bond motifs is 1. The molecule has 0 bridgehead atoms. The molecule has 23 heavy (non-hydrogen) atoms.